The zero-order chi connectivity index (χ0) is 19.1. The van der Waals surface area contributed by atoms with Gasteiger partial charge in [-0.1, -0.05) is 48.5 Å². The van der Waals surface area contributed by atoms with E-state index < -0.39 is 6.10 Å². The number of likely N-dealkylation sites (tertiary alicyclic amines) is 1. The molecule has 27 heavy (non-hydrogen) atoms. The summed E-state index contributed by atoms with van der Waals surface area (Å²) in [4.78, 5) is 14.4. The number of ether oxygens (including phenoxy) is 1. The minimum absolute atomic E-state index is 0.191. The van der Waals surface area contributed by atoms with Crippen molar-refractivity contribution in [2.45, 2.75) is 38.7 Å². The van der Waals surface area contributed by atoms with Crippen LogP contribution in [0.1, 0.15) is 42.9 Å². The number of nitrogens with zero attached hydrogens (tertiary/aromatic N) is 1. The molecule has 0 radical (unpaired) electrons. The van der Waals surface area contributed by atoms with E-state index in [2.05, 4.69) is 0 Å². The molecule has 4 nitrogen and oxygen atoms in total. The molecule has 0 aromatic heterocycles. The molecule has 144 valence electrons. The van der Waals surface area contributed by atoms with Crippen LogP contribution < -0.4 is 4.74 Å². The molecular formula is C23H29NO3. The third-order valence-electron chi connectivity index (χ3n) is 5.37. The van der Waals surface area contributed by atoms with Gasteiger partial charge in [0.1, 0.15) is 5.75 Å². The number of hydrogen-bond donors (Lipinski definition) is 1. The molecule has 0 bridgehead atoms. The summed E-state index contributed by atoms with van der Waals surface area (Å²) in [7, 11) is 0. The lowest BCUT2D eigenvalue weighted by atomic mass is 9.87. The van der Waals surface area contributed by atoms with Crippen LogP contribution in [0.5, 0.6) is 5.75 Å². The zero-order valence-corrected chi connectivity index (χ0v) is 16.0. The van der Waals surface area contributed by atoms with Gasteiger partial charge < -0.3 is 14.7 Å². The molecule has 2 aromatic carbocycles. The van der Waals surface area contributed by atoms with Gasteiger partial charge in [-0.3, -0.25) is 4.79 Å². The van der Waals surface area contributed by atoms with Gasteiger partial charge in [0, 0.05) is 19.5 Å². The van der Waals surface area contributed by atoms with E-state index >= 15 is 0 Å². The van der Waals surface area contributed by atoms with Crippen molar-refractivity contribution in [3.05, 3.63) is 65.7 Å². The first-order valence-electron chi connectivity index (χ1n) is 9.84. The van der Waals surface area contributed by atoms with Crippen LogP contribution in [0.4, 0.5) is 0 Å². The summed E-state index contributed by atoms with van der Waals surface area (Å²) in [6.45, 7) is 4.03. The lowest BCUT2D eigenvalue weighted by Gasteiger charge is -2.34. The predicted molar refractivity (Wildman–Crippen MR) is 107 cm³/mol. The van der Waals surface area contributed by atoms with E-state index in [1.54, 1.807) is 0 Å². The van der Waals surface area contributed by atoms with Crippen molar-refractivity contribution < 1.29 is 14.6 Å². The summed E-state index contributed by atoms with van der Waals surface area (Å²) in [6, 6.07) is 17.7. The Morgan fingerprint density at radius 3 is 2.48 bits per heavy atom. The van der Waals surface area contributed by atoms with Crippen molar-refractivity contribution in [1.82, 2.24) is 4.90 Å². The highest BCUT2D eigenvalue weighted by atomic mass is 16.5. The number of piperidine rings is 1. The Hall–Kier alpha value is -2.33. The van der Waals surface area contributed by atoms with E-state index in [4.69, 9.17) is 4.74 Å². The maximum absolute atomic E-state index is 12.4. The second-order valence-corrected chi connectivity index (χ2v) is 7.29. The smallest absolute Gasteiger partial charge is 0.222 e. The highest BCUT2D eigenvalue weighted by Gasteiger charge is 2.27. The average Bonchev–Trinajstić information content (AvgIpc) is 2.72. The van der Waals surface area contributed by atoms with Crippen molar-refractivity contribution in [3.63, 3.8) is 0 Å². The molecule has 1 amide bonds. The molecule has 1 saturated heterocycles. The lowest BCUT2D eigenvalue weighted by Crippen LogP contribution is -2.39. The van der Waals surface area contributed by atoms with E-state index in [1.165, 1.54) is 0 Å². The molecule has 1 aliphatic rings. The number of rotatable bonds is 7. The molecule has 1 fully saturated rings. The highest BCUT2D eigenvalue weighted by molar-refractivity contribution is 5.76. The zero-order valence-electron chi connectivity index (χ0n) is 16.0. The maximum Gasteiger partial charge on any atom is 0.222 e. The molecule has 1 heterocycles. The van der Waals surface area contributed by atoms with Crippen molar-refractivity contribution >= 4 is 5.91 Å². The van der Waals surface area contributed by atoms with E-state index in [0.29, 0.717) is 13.0 Å². The Kier molecular flexibility index (Phi) is 6.88. The number of para-hydroxylation sites is 1. The fraction of sp³-hybridized carbons (Fsp3) is 0.435. The predicted octanol–water partition coefficient (Wildman–Crippen LogP) is 4.13. The van der Waals surface area contributed by atoms with Crippen LogP contribution in [-0.2, 0) is 4.79 Å². The first-order chi connectivity index (χ1) is 13.1. The van der Waals surface area contributed by atoms with Gasteiger partial charge in [0.15, 0.2) is 0 Å². The first kappa shape index (κ1) is 19.4. The molecule has 4 heteroatoms. The van der Waals surface area contributed by atoms with Crippen LogP contribution in [0.15, 0.2) is 54.6 Å². The summed E-state index contributed by atoms with van der Waals surface area (Å²) < 4.78 is 5.77. The molecule has 1 atom stereocenters. The minimum Gasteiger partial charge on any atom is -0.493 e. The molecule has 1 aliphatic heterocycles. The van der Waals surface area contributed by atoms with Crippen LogP contribution in [-0.4, -0.2) is 35.6 Å². The molecule has 3 rings (SSSR count). The molecule has 0 spiro atoms. The highest BCUT2D eigenvalue weighted by Crippen LogP contribution is 2.30. The van der Waals surface area contributed by atoms with Gasteiger partial charge in [-0.05, 0) is 49.3 Å². The number of hydrogen-bond acceptors (Lipinski definition) is 3. The Morgan fingerprint density at radius 2 is 1.78 bits per heavy atom. The summed E-state index contributed by atoms with van der Waals surface area (Å²) in [5.41, 5.74) is 2.08. The Balaban J connectivity index is 1.38. The van der Waals surface area contributed by atoms with Crippen molar-refractivity contribution in [3.8, 4) is 5.75 Å². The third-order valence-corrected chi connectivity index (χ3v) is 5.37. The fourth-order valence-electron chi connectivity index (χ4n) is 3.67. The van der Waals surface area contributed by atoms with Crippen LogP contribution in [0.3, 0.4) is 0 Å². The summed E-state index contributed by atoms with van der Waals surface area (Å²) in [5.74, 6) is 1.30. The fourth-order valence-corrected chi connectivity index (χ4v) is 3.67. The molecule has 1 unspecified atom stereocenters. The summed E-state index contributed by atoms with van der Waals surface area (Å²) in [5, 5.41) is 10.6. The number of benzene rings is 2. The van der Waals surface area contributed by atoms with Gasteiger partial charge in [-0.25, -0.2) is 0 Å². The Bertz CT molecular complexity index is 723. The van der Waals surface area contributed by atoms with Gasteiger partial charge in [0.25, 0.3) is 0 Å². The van der Waals surface area contributed by atoms with Crippen LogP contribution >= 0.6 is 0 Å². The van der Waals surface area contributed by atoms with E-state index in [-0.39, 0.29) is 11.8 Å². The van der Waals surface area contributed by atoms with E-state index in [0.717, 1.165) is 49.2 Å². The molecule has 0 aliphatic carbocycles. The van der Waals surface area contributed by atoms with Gasteiger partial charge in [0.2, 0.25) is 5.91 Å². The number of carbonyl (C=O) groups is 1. The molecule has 1 N–H and O–H groups in total. The number of carbonyl (C=O) groups excluding carboxylic acids is 1. The van der Waals surface area contributed by atoms with Gasteiger partial charge in [-0.15, -0.1) is 0 Å². The summed E-state index contributed by atoms with van der Waals surface area (Å²) >= 11 is 0. The van der Waals surface area contributed by atoms with Crippen molar-refractivity contribution in [2.24, 2.45) is 5.92 Å². The average molecular weight is 367 g/mol. The largest absolute Gasteiger partial charge is 0.493 e. The molecule has 0 saturated carbocycles. The van der Waals surface area contributed by atoms with Crippen LogP contribution in [0.25, 0.3) is 0 Å². The second kappa shape index (κ2) is 9.56. The minimum atomic E-state index is -0.439. The van der Waals surface area contributed by atoms with Gasteiger partial charge in [0.05, 0.1) is 12.7 Å². The van der Waals surface area contributed by atoms with Crippen molar-refractivity contribution in [2.75, 3.05) is 19.7 Å². The van der Waals surface area contributed by atoms with Crippen molar-refractivity contribution in [1.29, 1.82) is 0 Å². The van der Waals surface area contributed by atoms with Gasteiger partial charge in [-0.2, -0.15) is 0 Å². The van der Waals surface area contributed by atoms with E-state index in [9.17, 15) is 9.90 Å². The maximum atomic E-state index is 12.4. The summed E-state index contributed by atoms with van der Waals surface area (Å²) in [6.07, 6.45) is 2.49. The van der Waals surface area contributed by atoms with Crippen LogP contribution in [0, 0.1) is 12.8 Å². The van der Waals surface area contributed by atoms with E-state index in [1.807, 2.05) is 66.4 Å². The lowest BCUT2D eigenvalue weighted by molar-refractivity contribution is -0.133. The Morgan fingerprint density at radius 1 is 1.11 bits per heavy atom. The monoisotopic (exact) mass is 367 g/mol. The molecular weight excluding hydrogens is 338 g/mol. The number of aryl methyl sites for hydroxylation is 1. The topological polar surface area (TPSA) is 49.8 Å². The standard InChI is InChI=1S/C23H29NO3/c1-18-8-5-6-11-21(18)27-17-7-12-22(25)24-15-13-20(14-16-24)23(26)19-9-3-2-4-10-19/h2-6,8-11,20,23,26H,7,12-17H2,1H3. The number of aliphatic hydroxyl groups is 1. The van der Waals surface area contributed by atoms with Crippen LogP contribution in [0.2, 0.25) is 0 Å². The second-order valence-electron chi connectivity index (χ2n) is 7.29. The number of amides is 1. The SMILES string of the molecule is Cc1ccccc1OCCCC(=O)N1CCC(C(O)c2ccccc2)CC1. The Labute approximate surface area is 161 Å². The molecule has 2 aromatic rings. The first-order valence-corrected chi connectivity index (χ1v) is 9.84. The normalized spacial score (nSPS) is 16.1. The number of aliphatic hydroxyl groups excluding tert-OH is 1. The quantitative estimate of drug-likeness (QED) is 0.749. The third kappa shape index (κ3) is 5.33. The van der Waals surface area contributed by atoms with Gasteiger partial charge >= 0.3 is 0 Å².